The van der Waals surface area contributed by atoms with Gasteiger partial charge in [0.1, 0.15) is 0 Å². The Labute approximate surface area is 91.9 Å². The Morgan fingerprint density at radius 2 is 2.00 bits per heavy atom. The Balaban J connectivity index is 2.64. The van der Waals surface area contributed by atoms with Crippen molar-refractivity contribution in [1.29, 1.82) is 0 Å². The molecule has 0 spiro atoms. The highest BCUT2D eigenvalue weighted by Crippen LogP contribution is 2.16. The molecule has 1 atom stereocenters. The predicted octanol–water partition coefficient (Wildman–Crippen LogP) is 2.33. The minimum absolute atomic E-state index is 0.387. The summed E-state index contributed by atoms with van der Waals surface area (Å²) in [6.45, 7) is 6.84. The maximum Gasteiger partial charge on any atom is 0.0892 e. The molecule has 0 aromatic heterocycles. The average Bonchev–Trinajstić information content (AvgIpc) is 2.18. The molecule has 1 rings (SSSR count). The summed E-state index contributed by atoms with van der Waals surface area (Å²) < 4.78 is 5.26. The van der Waals surface area contributed by atoms with Crippen molar-refractivity contribution in [3.63, 3.8) is 0 Å². The summed E-state index contributed by atoms with van der Waals surface area (Å²) in [7, 11) is 0. The summed E-state index contributed by atoms with van der Waals surface area (Å²) in [4.78, 5) is 0. The van der Waals surface area contributed by atoms with Crippen LogP contribution in [0.5, 0.6) is 0 Å². The zero-order chi connectivity index (χ0) is 11.3. The molecule has 2 heteroatoms. The van der Waals surface area contributed by atoms with E-state index < -0.39 is 5.60 Å². The Hall–Kier alpha value is -0.860. The van der Waals surface area contributed by atoms with Gasteiger partial charge in [-0.1, -0.05) is 24.3 Å². The maximum absolute atomic E-state index is 10.1. The van der Waals surface area contributed by atoms with Crippen molar-refractivity contribution in [2.75, 3.05) is 13.2 Å². The van der Waals surface area contributed by atoms with Gasteiger partial charge in [-0.05, 0) is 31.9 Å². The molecule has 0 aliphatic heterocycles. The van der Waals surface area contributed by atoms with Gasteiger partial charge in [0.25, 0.3) is 0 Å². The fourth-order valence-electron chi connectivity index (χ4n) is 1.59. The molecule has 0 heterocycles. The topological polar surface area (TPSA) is 29.5 Å². The lowest BCUT2D eigenvalue weighted by atomic mass is 9.94. The van der Waals surface area contributed by atoms with Crippen LogP contribution in [0, 0.1) is 6.92 Å². The molecule has 1 aromatic carbocycles. The smallest absolute Gasteiger partial charge is 0.0892 e. The molecule has 0 aliphatic rings. The van der Waals surface area contributed by atoms with Gasteiger partial charge in [0.2, 0.25) is 0 Å². The molecule has 1 N–H and O–H groups in total. The van der Waals surface area contributed by atoms with Crippen LogP contribution in [0.4, 0.5) is 0 Å². The summed E-state index contributed by atoms with van der Waals surface area (Å²) in [5, 5.41) is 10.1. The van der Waals surface area contributed by atoms with E-state index in [-0.39, 0.29) is 0 Å². The van der Waals surface area contributed by atoms with Crippen molar-refractivity contribution in [1.82, 2.24) is 0 Å². The van der Waals surface area contributed by atoms with E-state index in [1.165, 1.54) is 11.1 Å². The van der Waals surface area contributed by atoms with Gasteiger partial charge in [0.15, 0.2) is 0 Å². The molecule has 0 aliphatic carbocycles. The van der Waals surface area contributed by atoms with Gasteiger partial charge in [-0.25, -0.2) is 0 Å². The van der Waals surface area contributed by atoms with Crippen LogP contribution >= 0.6 is 0 Å². The van der Waals surface area contributed by atoms with Crippen LogP contribution in [0.1, 0.15) is 25.0 Å². The van der Waals surface area contributed by atoms with E-state index in [4.69, 9.17) is 4.74 Å². The van der Waals surface area contributed by atoms with Crippen LogP contribution in [0.15, 0.2) is 24.3 Å². The largest absolute Gasteiger partial charge is 0.387 e. The second-order valence-electron chi connectivity index (χ2n) is 4.24. The van der Waals surface area contributed by atoms with Gasteiger partial charge in [-0.15, -0.1) is 0 Å². The highest BCUT2D eigenvalue weighted by molar-refractivity contribution is 5.26. The van der Waals surface area contributed by atoms with E-state index in [9.17, 15) is 5.11 Å². The van der Waals surface area contributed by atoms with Crippen molar-refractivity contribution in [3.05, 3.63) is 35.4 Å². The van der Waals surface area contributed by atoms with Crippen LogP contribution in [0.25, 0.3) is 0 Å². The third kappa shape index (κ3) is 4.02. The van der Waals surface area contributed by atoms with E-state index in [2.05, 4.69) is 19.1 Å². The zero-order valence-electron chi connectivity index (χ0n) is 9.79. The molecule has 0 fully saturated rings. The molecule has 2 nitrogen and oxygen atoms in total. The minimum atomic E-state index is -0.776. The molecule has 15 heavy (non-hydrogen) atoms. The van der Waals surface area contributed by atoms with Crippen molar-refractivity contribution < 1.29 is 9.84 Å². The monoisotopic (exact) mass is 208 g/mol. The van der Waals surface area contributed by atoms with E-state index in [1.807, 2.05) is 26.0 Å². The first kappa shape index (κ1) is 12.2. The number of hydrogen-bond donors (Lipinski definition) is 1. The van der Waals surface area contributed by atoms with Crippen LogP contribution < -0.4 is 0 Å². The first-order chi connectivity index (χ1) is 7.05. The van der Waals surface area contributed by atoms with Gasteiger partial charge in [0.05, 0.1) is 12.2 Å². The van der Waals surface area contributed by atoms with Gasteiger partial charge < -0.3 is 9.84 Å². The van der Waals surface area contributed by atoms with Gasteiger partial charge in [0, 0.05) is 13.0 Å². The Morgan fingerprint density at radius 3 is 2.60 bits per heavy atom. The predicted molar refractivity (Wildman–Crippen MR) is 62.0 cm³/mol. The average molecular weight is 208 g/mol. The number of hydrogen-bond acceptors (Lipinski definition) is 2. The number of ether oxygens (including phenoxy) is 1. The lowest BCUT2D eigenvalue weighted by Crippen LogP contribution is -2.33. The van der Waals surface area contributed by atoms with Crippen LogP contribution in [0.2, 0.25) is 0 Å². The summed E-state index contributed by atoms with van der Waals surface area (Å²) in [5.41, 5.74) is 1.62. The molecule has 1 unspecified atom stereocenters. The third-order valence-corrected chi connectivity index (χ3v) is 2.45. The summed E-state index contributed by atoms with van der Waals surface area (Å²) in [6.07, 6.45) is 0.639. The minimum Gasteiger partial charge on any atom is -0.387 e. The maximum atomic E-state index is 10.1. The first-order valence-corrected chi connectivity index (χ1v) is 5.40. The molecular weight excluding hydrogens is 188 g/mol. The molecule has 84 valence electrons. The number of aryl methyl sites for hydroxylation is 1. The third-order valence-electron chi connectivity index (χ3n) is 2.45. The molecule has 0 saturated heterocycles. The van der Waals surface area contributed by atoms with Crippen LogP contribution in [-0.4, -0.2) is 23.9 Å². The van der Waals surface area contributed by atoms with E-state index >= 15 is 0 Å². The Bertz CT molecular complexity index is 305. The number of rotatable bonds is 5. The second-order valence-corrected chi connectivity index (χ2v) is 4.24. The molecule has 0 amide bonds. The van der Waals surface area contributed by atoms with Crippen molar-refractivity contribution >= 4 is 0 Å². The van der Waals surface area contributed by atoms with Crippen molar-refractivity contribution in [2.45, 2.75) is 32.8 Å². The highest BCUT2D eigenvalue weighted by atomic mass is 16.5. The Kier molecular flexibility index (Phi) is 4.30. The van der Waals surface area contributed by atoms with E-state index in [0.29, 0.717) is 19.6 Å². The van der Waals surface area contributed by atoms with Crippen LogP contribution in [-0.2, 0) is 11.2 Å². The van der Waals surface area contributed by atoms with Gasteiger partial charge in [-0.3, -0.25) is 0 Å². The second kappa shape index (κ2) is 5.29. The van der Waals surface area contributed by atoms with Crippen LogP contribution in [0.3, 0.4) is 0 Å². The van der Waals surface area contributed by atoms with Gasteiger partial charge in [-0.2, -0.15) is 0 Å². The number of benzene rings is 1. The highest BCUT2D eigenvalue weighted by Gasteiger charge is 2.21. The fraction of sp³-hybridized carbons (Fsp3) is 0.538. The Morgan fingerprint density at radius 1 is 1.33 bits per heavy atom. The molecular formula is C13H20O2. The summed E-state index contributed by atoms with van der Waals surface area (Å²) in [5.74, 6) is 0. The molecule has 0 saturated carbocycles. The quantitative estimate of drug-likeness (QED) is 0.804. The molecule has 1 aromatic rings. The standard InChI is InChI=1S/C13H20O2/c1-4-15-10-13(3,14)9-12-8-6-5-7-11(12)2/h5-8,14H,4,9-10H2,1-3H3. The number of aliphatic hydroxyl groups is 1. The van der Waals surface area contributed by atoms with Crippen molar-refractivity contribution in [3.8, 4) is 0 Å². The normalized spacial score (nSPS) is 14.9. The zero-order valence-corrected chi connectivity index (χ0v) is 9.79. The van der Waals surface area contributed by atoms with E-state index in [1.54, 1.807) is 0 Å². The SMILES string of the molecule is CCOCC(C)(O)Cc1ccccc1C. The summed E-state index contributed by atoms with van der Waals surface area (Å²) in [6, 6.07) is 8.12. The van der Waals surface area contributed by atoms with Crippen molar-refractivity contribution in [2.24, 2.45) is 0 Å². The lowest BCUT2D eigenvalue weighted by molar-refractivity contribution is -0.0297. The molecule has 0 bridgehead atoms. The lowest BCUT2D eigenvalue weighted by Gasteiger charge is -2.23. The van der Waals surface area contributed by atoms with E-state index in [0.717, 1.165) is 0 Å². The first-order valence-electron chi connectivity index (χ1n) is 5.40. The molecule has 0 radical (unpaired) electrons. The fourth-order valence-corrected chi connectivity index (χ4v) is 1.59. The van der Waals surface area contributed by atoms with Gasteiger partial charge >= 0.3 is 0 Å². The summed E-state index contributed by atoms with van der Waals surface area (Å²) >= 11 is 0.